The molecule has 0 spiro atoms. The second-order valence-corrected chi connectivity index (χ2v) is 1.93. The molecular formula is C6H7N2. The van der Waals surface area contributed by atoms with Crippen LogP contribution in [0.15, 0.2) is 12.3 Å². The second-order valence-electron chi connectivity index (χ2n) is 1.93. The van der Waals surface area contributed by atoms with Crippen LogP contribution in [0.1, 0.15) is 19.0 Å². The van der Waals surface area contributed by atoms with Crippen molar-refractivity contribution in [2.75, 3.05) is 0 Å². The molecule has 1 aliphatic heterocycles. The van der Waals surface area contributed by atoms with E-state index in [1.54, 1.807) is 0 Å². The van der Waals surface area contributed by atoms with Crippen molar-refractivity contribution in [1.29, 1.82) is 0 Å². The molecule has 41 valence electrons. The smallest absolute Gasteiger partial charge is 0.135 e. The van der Waals surface area contributed by atoms with Crippen molar-refractivity contribution in [1.82, 2.24) is 9.78 Å². The highest BCUT2D eigenvalue weighted by molar-refractivity contribution is 5.37. The van der Waals surface area contributed by atoms with Crippen molar-refractivity contribution in [3.8, 4) is 0 Å². The Kier molecular flexibility index (Phi) is 0.583. The van der Waals surface area contributed by atoms with Crippen LogP contribution >= 0.6 is 0 Å². The molecule has 0 fully saturated rings. The second kappa shape index (κ2) is 1.13. The lowest BCUT2D eigenvalue weighted by Crippen LogP contribution is -1.81. The van der Waals surface area contributed by atoms with E-state index < -0.39 is 0 Å². The van der Waals surface area contributed by atoms with Gasteiger partial charge in [0.2, 0.25) is 0 Å². The zero-order valence-electron chi connectivity index (χ0n) is 4.76. The molecule has 1 radical (unpaired) electrons. The highest BCUT2D eigenvalue weighted by Crippen LogP contribution is 2.33. The third kappa shape index (κ3) is 0.312. The Morgan fingerprint density at radius 3 is 3.00 bits per heavy atom. The molecule has 1 aliphatic rings. The third-order valence-electron chi connectivity index (χ3n) is 1.48. The number of hydrogen-bond acceptors (Lipinski definition) is 1. The van der Waals surface area contributed by atoms with E-state index in [4.69, 9.17) is 0 Å². The van der Waals surface area contributed by atoms with Crippen molar-refractivity contribution in [3.05, 3.63) is 24.0 Å². The number of fused-ring (bicyclic) bond motifs is 1. The largest absolute Gasteiger partial charge is 0.252 e. The van der Waals surface area contributed by atoms with Crippen LogP contribution in [-0.4, -0.2) is 9.78 Å². The number of hydrogen-bond donors (Lipinski definition) is 0. The van der Waals surface area contributed by atoms with Crippen LogP contribution in [0, 0.1) is 6.04 Å². The van der Waals surface area contributed by atoms with E-state index in [-0.39, 0.29) is 0 Å². The summed E-state index contributed by atoms with van der Waals surface area (Å²) in [4.78, 5) is 0. The minimum Gasteiger partial charge on any atom is -0.252 e. The molecule has 0 saturated carbocycles. The number of rotatable bonds is 1. The molecule has 2 heteroatoms. The van der Waals surface area contributed by atoms with E-state index in [0.717, 1.165) is 6.42 Å². The fourth-order valence-electron chi connectivity index (χ4n) is 1.00. The molecule has 8 heavy (non-hydrogen) atoms. The van der Waals surface area contributed by atoms with Crippen molar-refractivity contribution in [2.45, 2.75) is 13.3 Å². The highest BCUT2D eigenvalue weighted by Gasteiger charge is 2.31. The molecule has 0 N–H and O–H groups in total. The van der Waals surface area contributed by atoms with Crippen LogP contribution in [0.5, 0.6) is 0 Å². The van der Waals surface area contributed by atoms with E-state index in [1.807, 2.05) is 16.9 Å². The van der Waals surface area contributed by atoms with Gasteiger partial charge in [0, 0.05) is 6.20 Å². The summed E-state index contributed by atoms with van der Waals surface area (Å²) in [5, 5.41) is 4.04. The standard InChI is InChI=1S/C6H7N2/c1-2-5-6-3-4-7-8(5)6/h3-4H,2H2,1H3. The molecular weight excluding hydrogens is 100 g/mol. The molecule has 0 aliphatic carbocycles. The first-order valence-corrected chi connectivity index (χ1v) is 2.84. The van der Waals surface area contributed by atoms with Gasteiger partial charge in [-0.3, -0.25) is 4.68 Å². The molecule has 0 amide bonds. The van der Waals surface area contributed by atoms with Gasteiger partial charge in [-0.25, -0.2) is 0 Å². The average Bonchev–Trinajstić information content (AvgIpc) is 2.22. The van der Waals surface area contributed by atoms with E-state index >= 15 is 0 Å². The molecule has 0 bridgehead atoms. The molecule has 2 rings (SSSR count). The monoisotopic (exact) mass is 107 g/mol. The van der Waals surface area contributed by atoms with Crippen LogP contribution < -0.4 is 0 Å². The SMILES string of the molecule is CC[C]1c2ccnn21. The Morgan fingerprint density at radius 2 is 2.62 bits per heavy atom. The quantitative estimate of drug-likeness (QED) is 0.524. The summed E-state index contributed by atoms with van der Waals surface area (Å²) in [5.41, 5.74) is 1.31. The number of aromatic nitrogens is 2. The summed E-state index contributed by atoms with van der Waals surface area (Å²) in [6, 6.07) is 3.42. The first-order chi connectivity index (χ1) is 3.93. The minimum absolute atomic E-state index is 1.11. The fourth-order valence-corrected chi connectivity index (χ4v) is 1.00. The molecule has 0 saturated heterocycles. The molecule has 0 atom stereocenters. The summed E-state index contributed by atoms with van der Waals surface area (Å²) in [6.45, 7) is 2.14. The van der Waals surface area contributed by atoms with Gasteiger partial charge in [-0.05, 0) is 12.5 Å². The molecule has 0 aromatic carbocycles. The van der Waals surface area contributed by atoms with Crippen molar-refractivity contribution in [2.24, 2.45) is 0 Å². The zero-order chi connectivity index (χ0) is 5.56. The lowest BCUT2D eigenvalue weighted by Gasteiger charge is -1.81. The highest BCUT2D eigenvalue weighted by atomic mass is 15.4. The Labute approximate surface area is 48.1 Å². The molecule has 0 unspecified atom stereocenters. The number of nitrogens with zero attached hydrogens (tertiary/aromatic N) is 2. The van der Waals surface area contributed by atoms with E-state index in [0.29, 0.717) is 0 Å². The maximum atomic E-state index is 4.04. The van der Waals surface area contributed by atoms with E-state index in [1.165, 1.54) is 11.7 Å². The van der Waals surface area contributed by atoms with Gasteiger partial charge >= 0.3 is 0 Å². The minimum atomic E-state index is 1.11. The summed E-state index contributed by atoms with van der Waals surface area (Å²) in [7, 11) is 0. The zero-order valence-corrected chi connectivity index (χ0v) is 4.76. The van der Waals surface area contributed by atoms with Crippen LogP contribution in [-0.2, 0) is 0 Å². The Morgan fingerprint density at radius 1 is 1.75 bits per heavy atom. The van der Waals surface area contributed by atoms with Gasteiger partial charge in [0.05, 0.1) is 5.69 Å². The van der Waals surface area contributed by atoms with Crippen molar-refractivity contribution >= 4 is 0 Å². The van der Waals surface area contributed by atoms with Gasteiger partial charge in [-0.2, -0.15) is 5.10 Å². The molecule has 2 heterocycles. The summed E-state index contributed by atoms with van der Waals surface area (Å²) in [6.07, 6.45) is 2.94. The van der Waals surface area contributed by atoms with Gasteiger partial charge in [0.1, 0.15) is 6.04 Å². The summed E-state index contributed by atoms with van der Waals surface area (Å²) < 4.78 is 1.97. The summed E-state index contributed by atoms with van der Waals surface area (Å²) >= 11 is 0. The first kappa shape index (κ1) is 4.13. The average molecular weight is 107 g/mol. The van der Waals surface area contributed by atoms with Gasteiger partial charge in [-0.15, -0.1) is 0 Å². The predicted molar refractivity (Wildman–Crippen MR) is 30.3 cm³/mol. The normalized spacial score (nSPS) is 16.1. The van der Waals surface area contributed by atoms with E-state index in [9.17, 15) is 0 Å². The molecule has 2 nitrogen and oxygen atoms in total. The molecule has 1 aromatic rings. The van der Waals surface area contributed by atoms with Gasteiger partial charge in [0.15, 0.2) is 0 Å². The fraction of sp³-hybridized carbons (Fsp3) is 0.333. The predicted octanol–water partition coefficient (Wildman–Crippen LogP) is 1.03. The van der Waals surface area contributed by atoms with Gasteiger partial charge < -0.3 is 0 Å². The lowest BCUT2D eigenvalue weighted by atomic mass is 10.3. The van der Waals surface area contributed by atoms with Crippen molar-refractivity contribution < 1.29 is 0 Å². The Balaban J connectivity index is 2.30. The van der Waals surface area contributed by atoms with Gasteiger partial charge in [0.25, 0.3) is 0 Å². The molecule has 1 aromatic heterocycles. The topological polar surface area (TPSA) is 17.8 Å². The van der Waals surface area contributed by atoms with Crippen LogP contribution in [0.3, 0.4) is 0 Å². The maximum absolute atomic E-state index is 4.04. The summed E-state index contributed by atoms with van der Waals surface area (Å²) in [5.74, 6) is 0. The Bertz CT molecular complexity index is 184. The van der Waals surface area contributed by atoms with Crippen LogP contribution in [0.2, 0.25) is 0 Å². The first-order valence-electron chi connectivity index (χ1n) is 2.84. The van der Waals surface area contributed by atoms with Gasteiger partial charge in [-0.1, -0.05) is 6.92 Å². The third-order valence-corrected chi connectivity index (χ3v) is 1.48. The van der Waals surface area contributed by atoms with Crippen LogP contribution in [0.25, 0.3) is 0 Å². The van der Waals surface area contributed by atoms with Crippen molar-refractivity contribution in [3.63, 3.8) is 0 Å². The lowest BCUT2D eigenvalue weighted by molar-refractivity contribution is 0.859. The van der Waals surface area contributed by atoms with E-state index in [2.05, 4.69) is 12.0 Å². The van der Waals surface area contributed by atoms with Crippen LogP contribution in [0.4, 0.5) is 0 Å². The Hall–Kier alpha value is -0.790. The maximum Gasteiger partial charge on any atom is 0.135 e.